The summed E-state index contributed by atoms with van der Waals surface area (Å²) in [5.74, 6) is -0.884. The molecule has 0 atom stereocenters. The molecule has 0 bridgehead atoms. The number of halogens is 3. The van der Waals surface area contributed by atoms with E-state index < -0.39 is 28.5 Å². The molecular weight excluding hydrogens is 419 g/mol. The summed E-state index contributed by atoms with van der Waals surface area (Å²) in [6.07, 6.45) is -4.57. The number of hydrogen-bond acceptors (Lipinski definition) is 6. The van der Waals surface area contributed by atoms with Gasteiger partial charge < -0.3 is 20.1 Å². The minimum absolute atomic E-state index is 0.136. The second kappa shape index (κ2) is 8.42. The average molecular weight is 439 g/mol. The number of nitro benzene ring substituents is 1. The van der Waals surface area contributed by atoms with Gasteiger partial charge in [0.05, 0.1) is 10.5 Å². The first kappa shape index (κ1) is 22.3. The molecule has 1 fully saturated rings. The lowest BCUT2D eigenvalue weighted by atomic mass is 9.84. The Balaban J connectivity index is 1.80. The van der Waals surface area contributed by atoms with E-state index in [0.717, 1.165) is 12.1 Å². The summed E-state index contributed by atoms with van der Waals surface area (Å²) in [6, 6.07) is 9.30. The minimum atomic E-state index is -4.84. The summed E-state index contributed by atoms with van der Waals surface area (Å²) in [5.41, 5.74) is -0.926. The molecule has 0 aromatic heterocycles. The van der Waals surface area contributed by atoms with Gasteiger partial charge in [-0.3, -0.25) is 14.9 Å². The molecular formula is C20H20F3N3O5. The Morgan fingerprint density at radius 1 is 1.23 bits per heavy atom. The van der Waals surface area contributed by atoms with E-state index in [1.165, 1.54) is 37.4 Å². The molecule has 1 heterocycles. The molecule has 2 N–H and O–H groups in total. The van der Waals surface area contributed by atoms with Crippen molar-refractivity contribution in [3.05, 3.63) is 63.7 Å². The van der Waals surface area contributed by atoms with E-state index in [2.05, 4.69) is 10.1 Å². The van der Waals surface area contributed by atoms with Gasteiger partial charge in [-0.2, -0.15) is 0 Å². The zero-order chi connectivity index (χ0) is 22.8. The highest BCUT2D eigenvalue weighted by Gasteiger charge is 2.37. The predicted molar refractivity (Wildman–Crippen MR) is 105 cm³/mol. The summed E-state index contributed by atoms with van der Waals surface area (Å²) >= 11 is 0. The van der Waals surface area contributed by atoms with Gasteiger partial charge in [-0.25, -0.2) is 0 Å². The number of aliphatic hydroxyl groups is 1. The molecule has 3 rings (SSSR count). The van der Waals surface area contributed by atoms with Gasteiger partial charge in [0.1, 0.15) is 11.4 Å². The molecule has 0 spiro atoms. The topological polar surface area (TPSA) is 105 Å². The highest BCUT2D eigenvalue weighted by Crippen LogP contribution is 2.39. The molecule has 2 aromatic rings. The highest BCUT2D eigenvalue weighted by atomic mass is 19.4. The van der Waals surface area contributed by atoms with Crippen LogP contribution in [0.1, 0.15) is 28.8 Å². The van der Waals surface area contributed by atoms with Gasteiger partial charge in [0.2, 0.25) is 0 Å². The molecule has 8 nitrogen and oxygen atoms in total. The van der Waals surface area contributed by atoms with Gasteiger partial charge >= 0.3 is 6.36 Å². The van der Waals surface area contributed by atoms with Crippen LogP contribution in [-0.2, 0) is 5.60 Å². The number of ether oxygens (including phenoxy) is 1. The molecule has 0 saturated carbocycles. The molecule has 1 aliphatic rings. The summed E-state index contributed by atoms with van der Waals surface area (Å²) in [7, 11) is 1.42. The number of alkyl halides is 3. The van der Waals surface area contributed by atoms with E-state index in [1.54, 1.807) is 4.90 Å². The maximum atomic E-state index is 12.5. The number of piperidine rings is 1. The fourth-order valence-electron chi connectivity index (χ4n) is 3.61. The standard InChI is InChI=1S/C20H20F3N3O5/c1-24-18(27)13-5-6-16(17(11-13)26(29)30)25-9-7-19(28,8-10-25)14-3-2-4-15(12-14)31-20(21,22)23/h2-6,11-12,28H,7-10H2,1H3,(H,24,27). The first-order chi connectivity index (χ1) is 14.5. The molecule has 0 radical (unpaired) electrons. The smallest absolute Gasteiger partial charge is 0.406 e. The summed E-state index contributed by atoms with van der Waals surface area (Å²) < 4.78 is 41.4. The van der Waals surface area contributed by atoms with Crippen molar-refractivity contribution in [3.63, 3.8) is 0 Å². The Morgan fingerprint density at radius 2 is 1.90 bits per heavy atom. The third kappa shape index (κ3) is 5.05. The summed E-state index contributed by atoms with van der Waals surface area (Å²) in [6.45, 7) is 0.446. The number of nitrogens with one attached hydrogen (secondary N) is 1. The number of nitro groups is 1. The van der Waals surface area contributed by atoms with E-state index in [0.29, 0.717) is 5.69 Å². The van der Waals surface area contributed by atoms with Crippen molar-refractivity contribution in [2.45, 2.75) is 24.8 Å². The molecule has 2 aromatic carbocycles. The SMILES string of the molecule is CNC(=O)c1ccc(N2CCC(O)(c3cccc(OC(F)(F)F)c3)CC2)c([N+](=O)[O-])c1. The molecule has 166 valence electrons. The van der Waals surface area contributed by atoms with Gasteiger partial charge in [0.25, 0.3) is 11.6 Å². The van der Waals surface area contributed by atoms with Crippen LogP contribution in [0.4, 0.5) is 24.5 Å². The van der Waals surface area contributed by atoms with Crippen LogP contribution in [0, 0.1) is 10.1 Å². The van der Waals surface area contributed by atoms with E-state index in [4.69, 9.17) is 0 Å². The molecule has 1 aliphatic heterocycles. The van der Waals surface area contributed by atoms with E-state index >= 15 is 0 Å². The molecule has 1 saturated heterocycles. The lowest BCUT2D eigenvalue weighted by Crippen LogP contribution is -2.43. The first-order valence-electron chi connectivity index (χ1n) is 9.36. The largest absolute Gasteiger partial charge is 0.573 e. The Morgan fingerprint density at radius 3 is 2.48 bits per heavy atom. The van der Waals surface area contributed by atoms with Crippen LogP contribution < -0.4 is 15.0 Å². The number of hydrogen-bond donors (Lipinski definition) is 2. The Labute approximate surface area is 175 Å². The van der Waals surface area contributed by atoms with E-state index in [9.17, 15) is 33.2 Å². The number of benzene rings is 2. The van der Waals surface area contributed by atoms with Gasteiger partial charge in [-0.1, -0.05) is 12.1 Å². The molecule has 1 amide bonds. The van der Waals surface area contributed by atoms with E-state index in [1.807, 2.05) is 0 Å². The van der Waals surface area contributed by atoms with Crippen LogP contribution in [0.3, 0.4) is 0 Å². The van der Waals surface area contributed by atoms with Gasteiger partial charge in [0, 0.05) is 31.8 Å². The van der Waals surface area contributed by atoms with E-state index in [-0.39, 0.29) is 42.7 Å². The Hall–Kier alpha value is -3.34. The van der Waals surface area contributed by atoms with Crippen LogP contribution in [0.2, 0.25) is 0 Å². The van der Waals surface area contributed by atoms with Gasteiger partial charge in [-0.05, 0) is 42.7 Å². The van der Waals surface area contributed by atoms with Gasteiger partial charge in [-0.15, -0.1) is 13.2 Å². The minimum Gasteiger partial charge on any atom is -0.406 e. The maximum Gasteiger partial charge on any atom is 0.573 e. The Bertz CT molecular complexity index is 988. The number of anilines is 1. The zero-order valence-electron chi connectivity index (χ0n) is 16.5. The average Bonchev–Trinajstić information content (AvgIpc) is 2.72. The number of carbonyl (C=O) groups is 1. The molecule has 11 heteroatoms. The predicted octanol–water partition coefficient (Wildman–Crippen LogP) is 3.34. The molecule has 0 aliphatic carbocycles. The Kier molecular flexibility index (Phi) is 6.07. The second-order valence-electron chi connectivity index (χ2n) is 7.13. The lowest BCUT2D eigenvalue weighted by Gasteiger charge is -2.39. The monoisotopic (exact) mass is 439 g/mol. The van der Waals surface area contributed by atoms with Crippen LogP contribution in [0.15, 0.2) is 42.5 Å². The van der Waals surface area contributed by atoms with Gasteiger partial charge in [0.15, 0.2) is 0 Å². The summed E-state index contributed by atoms with van der Waals surface area (Å²) in [4.78, 5) is 24.4. The fourth-order valence-corrected chi connectivity index (χ4v) is 3.61. The number of carbonyl (C=O) groups excluding carboxylic acids is 1. The number of amides is 1. The highest BCUT2D eigenvalue weighted by molar-refractivity contribution is 5.95. The van der Waals surface area contributed by atoms with Crippen LogP contribution in [0.5, 0.6) is 5.75 Å². The quantitative estimate of drug-likeness (QED) is 0.547. The van der Waals surface area contributed by atoms with Crippen molar-refractivity contribution in [3.8, 4) is 5.75 Å². The van der Waals surface area contributed by atoms with Crippen molar-refractivity contribution in [1.29, 1.82) is 0 Å². The normalized spacial score (nSPS) is 16.0. The molecule has 0 unspecified atom stereocenters. The first-order valence-corrected chi connectivity index (χ1v) is 9.36. The lowest BCUT2D eigenvalue weighted by molar-refractivity contribution is -0.384. The molecule has 31 heavy (non-hydrogen) atoms. The van der Waals surface area contributed by atoms with Crippen molar-refractivity contribution in [2.75, 3.05) is 25.0 Å². The maximum absolute atomic E-state index is 12.5. The van der Waals surface area contributed by atoms with Crippen molar-refractivity contribution < 1.29 is 32.7 Å². The van der Waals surface area contributed by atoms with Crippen molar-refractivity contribution in [2.24, 2.45) is 0 Å². The third-order valence-electron chi connectivity index (χ3n) is 5.20. The summed E-state index contributed by atoms with van der Waals surface area (Å²) in [5, 5.41) is 24.9. The van der Waals surface area contributed by atoms with Crippen molar-refractivity contribution in [1.82, 2.24) is 5.32 Å². The number of nitrogens with zero attached hydrogens (tertiary/aromatic N) is 2. The van der Waals surface area contributed by atoms with Crippen LogP contribution >= 0.6 is 0 Å². The zero-order valence-corrected chi connectivity index (χ0v) is 16.5. The third-order valence-corrected chi connectivity index (χ3v) is 5.20. The fraction of sp³-hybridized carbons (Fsp3) is 0.350. The van der Waals surface area contributed by atoms with Crippen LogP contribution in [-0.4, -0.2) is 42.4 Å². The number of rotatable bonds is 5. The van der Waals surface area contributed by atoms with Crippen LogP contribution in [0.25, 0.3) is 0 Å². The van der Waals surface area contributed by atoms with Crippen molar-refractivity contribution >= 4 is 17.3 Å². The second-order valence-corrected chi connectivity index (χ2v) is 7.13.